The minimum atomic E-state index is -0.0973. The van der Waals surface area contributed by atoms with Crippen LogP contribution in [0.1, 0.15) is 25.3 Å². The Morgan fingerprint density at radius 1 is 1.34 bits per heavy atom. The number of esters is 1. The standard InChI is InChI=1S/C21H29N5O2.HI/c1-3-28-20(27)18-6-4-14-25(16-18)21(22-2)23-13-11-17-7-9-19(10-8-17)26-15-5-12-24-26;/h5,7-10,12,15,18H,3-4,6,11,13-14,16H2,1-2H3,(H,22,23);1H. The molecule has 1 aromatic carbocycles. The summed E-state index contributed by atoms with van der Waals surface area (Å²) in [5.74, 6) is 0.684. The molecule has 1 unspecified atom stereocenters. The predicted octanol–water partition coefficient (Wildman–Crippen LogP) is 2.88. The fraction of sp³-hybridized carbons (Fsp3) is 0.476. The second kappa shape index (κ2) is 11.8. The van der Waals surface area contributed by atoms with E-state index < -0.39 is 0 Å². The van der Waals surface area contributed by atoms with Gasteiger partial charge in [0, 0.05) is 39.1 Å². The number of ether oxygens (including phenoxy) is 1. The van der Waals surface area contributed by atoms with E-state index in [9.17, 15) is 4.79 Å². The number of rotatable bonds is 6. The maximum Gasteiger partial charge on any atom is 0.310 e. The van der Waals surface area contributed by atoms with Gasteiger partial charge in [-0.2, -0.15) is 5.10 Å². The smallest absolute Gasteiger partial charge is 0.310 e. The van der Waals surface area contributed by atoms with Crippen molar-refractivity contribution in [3.05, 3.63) is 48.3 Å². The van der Waals surface area contributed by atoms with E-state index in [1.54, 1.807) is 13.2 Å². The molecule has 2 heterocycles. The largest absolute Gasteiger partial charge is 0.466 e. The molecule has 1 aromatic heterocycles. The highest BCUT2D eigenvalue weighted by Crippen LogP contribution is 2.18. The Morgan fingerprint density at radius 3 is 2.79 bits per heavy atom. The Hall–Kier alpha value is -2.10. The Morgan fingerprint density at radius 2 is 2.14 bits per heavy atom. The molecule has 8 heteroatoms. The lowest BCUT2D eigenvalue weighted by atomic mass is 9.98. The molecule has 1 aliphatic rings. The van der Waals surface area contributed by atoms with Crippen molar-refractivity contribution in [3.63, 3.8) is 0 Å². The maximum absolute atomic E-state index is 12.1. The fourth-order valence-corrected chi connectivity index (χ4v) is 3.51. The number of carbonyl (C=O) groups excluding carboxylic acids is 1. The van der Waals surface area contributed by atoms with Crippen molar-refractivity contribution in [2.75, 3.05) is 33.3 Å². The molecule has 158 valence electrons. The van der Waals surface area contributed by atoms with Gasteiger partial charge in [0.25, 0.3) is 0 Å². The zero-order chi connectivity index (χ0) is 19.8. The highest BCUT2D eigenvalue weighted by atomic mass is 127. The van der Waals surface area contributed by atoms with Gasteiger partial charge in [-0.15, -0.1) is 24.0 Å². The molecule has 1 atom stereocenters. The molecule has 0 amide bonds. The molecule has 1 saturated heterocycles. The van der Waals surface area contributed by atoms with E-state index in [4.69, 9.17) is 4.74 Å². The molecular weight excluding hydrogens is 481 g/mol. The van der Waals surface area contributed by atoms with Crippen molar-refractivity contribution in [2.24, 2.45) is 10.9 Å². The van der Waals surface area contributed by atoms with Crippen LogP contribution in [0.15, 0.2) is 47.7 Å². The molecular formula is C21H30IN5O2. The van der Waals surface area contributed by atoms with Crippen molar-refractivity contribution < 1.29 is 9.53 Å². The molecule has 0 bridgehead atoms. The van der Waals surface area contributed by atoms with Crippen LogP contribution < -0.4 is 5.32 Å². The first-order chi connectivity index (χ1) is 13.7. The van der Waals surface area contributed by atoms with Crippen LogP contribution in [-0.2, 0) is 16.0 Å². The third kappa shape index (κ3) is 6.45. The predicted molar refractivity (Wildman–Crippen MR) is 125 cm³/mol. The summed E-state index contributed by atoms with van der Waals surface area (Å²) in [4.78, 5) is 18.6. The first-order valence-corrected chi connectivity index (χ1v) is 9.92. The van der Waals surface area contributed by atoms with E-state index in [2.05, 4.69) is 44.6 Å². The van der Waals surface area contributed by atoms with Gasteiger partial charge in [0.05, 0.1) is 18.2 Å². The summed E-state index contributed by atoms with van der Waals surface area (Å²) < 4.78 is 7.03. The van der Waals surface area contributed by atoms with Crippen LogP contribution in [-0.4, -0.2) is 59.9 Å². The van der Waals surface area contributed by atoms with Gasteiger partial charge >= 0.3 is 5.97 Å². The lowest BCUT2D eigenvalue weighted by Crippen LogP contribution is -2.48. The zero-order valence-electron chi connectivity index (χ0n) is 17.1. The number of halogens is 1. The highest BCUT2D eigenvalue weighted by molar-refractivity contribution is 14.0. The second-order valence-electron chi connectivity index (χ2n) is 6.88. The van der Waals surface area contributed by atoms with Gasteiger partial charge in [-0.3, -0.25) is 9.79 Å². The number of guanidine groups is 1. The lowest BCUT2D eigenvalue weighted by Gasteiger charge is -2.34. The van der Waals surface area contributed by atoms with Crippen molar-refractivity contribution >= 4 is 35.9 Å². The maximum atomic E-state index is 12.1. The molecule has 2 aromatic rings. The van der Waals surface area contributed by atoms with Gasteiger partial charge in [0.15, 0.2) is 5.96 Å². The Bertz CT molecular complexity index is 777. The first-order valence-electron chi connectivity index (χ1n) is 9.92. The number of carbonyl (C=O) groups is 1. The van der Waals surface area contributed by atoms with E-state index in [0.717, 1.165) is 44.0 Å². The number of nitrogens with one attached hydrogen (secondary N) is 1. The average Bonchev–Trinajstić information content (AvgIpc) is 3.27. The minimum absolute atomic E-state index is 0. The van der Waals surface area contributed by atoms with Crippen molar-refractivity contribution in [2.45, 2.75) is 26.2 Å². The normalized spacial score (nSPS) is 16.8. The average molecular weight is 511 g/mol. The number of nitrogens with zero attached hydrogens (tertiary/aromatic N) is 4. The Labute approximate surface area is 189 Å². The van der Waals surface area contributed by atoms with E-state index in [0.29, 0.717) is 13.2 Å². The number of piperidine rings is 1. The van der Waals surface area contributed by atoms with Gasteiger partial charge < -0.3 is 15.0 Å². The molecule has 0 aliphatic carbocycles. The van der Waals surface area contributed by atoms with Crippen LogP contribution in [0.5, 0.6) is 0 Å². The third-order valence-electron chi connectivity index (χ3n) is 4.95. The Balaban J connectivity index is 0.00000300. The molecule has 7 nitrogen and oxygen atoms in total. The van der Waals surface area contributed by atoms with Crippen LogP contribution in [0.2, 0.25) is 0 Å². The zero-order valence-corrected chi connectivity index (χ0v) is 19.4. The summed E-state index contributed by atoms with van der Waals surface area (Å²) in [6, 6.07) is 10.3. The first kappa shape index (κ1) is 23.2. The van der Waals surface area contributed by atoms with E-state index in [1.807, 2.05) is 23.9 Å². The number of hydrogen-bond acceptors (Lipinski definition) is 4. The van der Waals surface area contributed by atoms with Crippen LogP contribution in [0, 0.1) is 5.92 Å². The molecule has 0 spiro atoms. The number of likely N-dealkylation sites (tertiary alicyclic amines) is 1. The highest BCUT2D eigenvalue weighted by Gasteiger charge is 2.28. The molecule has 29 heavy (non-hydrogen) atoms. The Kier molecular flexibility index (Phi) is 9.43. The van der Waals surface area contributed by atoms with E-state index in [-0.39, 0.29) is 35.9 Å². The van der Waals surface area contributed by atoms with Gasteiger partial charge in [0.1, 0.15) is 0 Å². The molecule has 1 aliphatic heterocycles. The number of benzene rings is 1. The van der Waals surface area contributed by atoms with Gasteiger partial charge in [-0.05, 0) is 49.9 Å². The summed E-state index contributed by atoms with van der Waals surface area (Å²) in [6.45, 7) is 4.64. The van der Waals surface area contributed by atoms with Crippen LogP contribution in [0.4, 0.5) is 0 Å². The molecule has 0 radical (unpaired) electrons. The van der Waals surface area contributed by atoms with Crippen LogP contribution in [0.3, 0.4) is 0 Å². The summed E-state index contributed by atoms with van der Waals surface area (Å²) in [5.41, 5.74) is 2.30. The molecule has 3 rings (SSSR count). The number of hydrogen-bond donors (Lipinski definition) is 1. The van der Waals surface area contributed by atoms with Gasteiger partial charge in [-0.25, -0.2) is 4.68 Å². The summed E-state index contributed by atoms with van der Waals surface area (Å²) in [7, 11) is 1.79. The SMILES string of the molecule is CCOC(=O)C1CCCN(C(=NC)NCCc2ccc(-n3cccn3)cc2)C1.I. The fourth-order valence-electron chi connectivity index (χ4n) is 3.51. The summed E-state index contributed by atoms with van der Waals surface area (Å²) in [6.07, 6.45) is 6.46. The quantitative estimate of drug-likeness (QED) is 0.280. The van der Waals surface area contributed by atoms with E-state index in [1.165, 1.54) is 5.56 Å². The molecule has 1 fully saturated rings. The van der Waals surface area contributed by atoms with Crippen LogP contribution in [0.25, 0.3) is 5.69 Å². The van der Waals surface area contributed by atoms with Gasteiger partial charge in [-0.1, -0.05) is 12.1 Å². The van der Waals surface area contributed by atoms with Crippen molar-refractivity contribution in [1.82, 2.24) is 20.0 Å². The second-order valence-corrected chi connectivity index (χ2v) is 6.88. The third-order valence-corrected chi connectivity index (χ3v) is 4.95. The van der Waals surface area contributed by atoms with E-state index >= 15 is 0 Å². The topological polar surface area (TPSA) is 71.8 Å². The number of aromatic nitrogens is 2. The van der Waals surface area contributed by atoms with Gasteiger partial charge in [0.2, 0.25) is 0 Å². The summed E-state index contributed by atoms with van der Waals surface area (Å²) in [5, 5.41) is 7.67. The molecule has 0 saturated carbocycles. The van der Waals surface area contributed by atoms with Crippen molar-refractivity contribution in [3.8, 4) is 5.69 Å². The monoisotopic (exact) mass is 511 g/mol. The molecule has 1 N–H and O–H groups in total. The van der Waals surface area contributed by atoms with Crippen molar-refractivity contribution in [1.29, 1.82) is 0 Å². The lowest BCUT2D eigenvalue weighted by molar-refractivity contribution is -0.149. The number of aliphatic imine (C=N–C) groups is 1. The summed E-state index contributed by atoms with van der Waals surface area (Å²) >= 11 is 0. The minimum Gasteiger partial charge on any atom is -0.466 e. The van der Waals surface area contributed by atoms with Crippen LogP contribution >= 0.6 is 24.0 Å².